The summed E-state index contributed by atoms with van der Waals surface area (Å²) in [5.74, 6) is -0.658. The van der Waals surface area contributed by atoms with Crippen molar-refractivity contribution in [2.45, 2.75) is 42.6 Å². The zero-order valence-electron chi connectivity index (χ0n) is 19.7. The summed E-state index contributed by atoms with van der Waals surface area (Å²) in [5.41, 5.74) is 4.91. The molecule has 182 valence electrons. The van der Waals surface area contributed by atoms with E-state index in [0.717, 1.165) is 33.8 Å². The normalized spacial score (nSPS) is 20.2. The summed E-state index contributed by atoms with van der Waals surface area (Å²) in [6.07, 6.45) is 4.36. The first kappa shape index (κ1) is 25.0. The molecule has 0 radical (unpaired) electrons. The van der Waals surface area contributed by atoms with Crippen molar-refractivity contribution < 1.29 is 17.9 Å². The van der Waals surface area contributed by atoms with Crippen molar-refractivity contribution in [1.82, 2.24) is 4.72 Å². The van der Waals surface area contributed by atoms with Gasteiger partial charge in [-0.2, -0.15) is 4.72 Å². The Balaban J connectivity index is 1.52. The van der Waals surface area contributed by atoms with E-state index in [1.54, 1.807) is 12.1 Å². The zero-order chi connectivity index (χ0) is 25.2. The Morgan fingerprint density at radius 2 is 1.71 bits per heavy atom. The Kier molecular flexibility index (Phi) is 7.07. The average molecular weight is 512 g/mol. The number of benzene rings is 2. The quantitative estimate of drug-likeness (QED) is 0.329. The number of dihydropyridines is 1. The molecule has 1 unspecified atom stereocenters. The van der Waals surface area contributed by atoms with Gasteiger partial charge in [-0.25, -0.2) is 8.42 Å². The van der Waals surface area contributed by atoms with Crippen molar-refractivity contribution in [3.63, 3.8) is 0 Å². The number of nitrogens with one attached hydrogen (secondary N) is 1. The van der Waals surface area contributed by atoms with Crippen LogP contribution in [0.3, 0.4) is 0 Å². The molecule has 0 amide bonds. The molecular formula is C26H26ClN3O4S. The summed E-state index contributed by atoms with van der Waals surface area (Å²) in [4.78, 5) is 20.5. The summed E-state index contributed by atoms with van der Waals surface area (Å²) in [7, 11) is -2.75. The number of allylic oxidation sites excluding steroid dienone is 2. The lowest BCUT2D eigenvalue weighted by molar-refractivity contribution is -0.142. The van der Waals surface area contributed by atoms with Crippen molar-refractivity contribution in [1.29, 1.82) is 0 Å². The van der Waals surface area contributed by atoms with E-state index in [2.05, 4.69) is 14.7 Å². The first-order chi connectivity index (χ1) is 16.6. The van der Waals surface area contributed by atoms with E-state index < -0.39 is 27.0 Å². The molecule has 2 aliphatic heterocycles. The van der Waals surface area contributed by atoms with E-state index in [-0.39, 0.29) is 11.3 Å². The second-order valence-corrected chi connectivity index (χ2v) is 10.9. The lowest BCUT2D eigenvalue weighted by atomic mass is 9.94. The molecular weight excluding hydrogens is 486 g/mol. The van der Waals surface area contributed by atoms with Crippen molar-refractivity contribution in [3.05, 3.63) is 89.1 Å². The van der Waals surface area contributed by atoms with Crippen LogP contribution in [-0.2, 0) is 32.4 Å². The number of hydrogen-bond donors (Lipinski definition) is 1. The van der Waals surface area contributed by atoms with Gasteiger partial charge in [0.05, 0.1) is 17.7 Å². The maximum atomic E-state index is 13.0. The number of halogens is 1. The Labute approximate surface area is 210 Å². The van der Waals surface area contributed by atoms with Gasteiger partial charge >= 0.3 is 5.97 Å². The number of esters is 1. The highest BCUT2D eigenvalue weighted by Gasteiger charge is 2.38. The molecule has 2 heterocycles. The fraction of sp³-hybridized carbons (Fsp3) is 0.269. The summed E-state index contributed by atoms with van der Waals surface area (Å²) in [5, 5.41) is 0. The smallest absolute Gasteiger partial charge is 0.324 e. The van der Waals surface area contributed by atoms with Crippen LogP contribution in [0.1, 0.15) is 25.0 Å². The zero-order valence-corrected chi connectivity index (χ0v) is 21.2. The van der Waals surface area contributed by atoms with E-state index in [9.17, 15) is 13.2 Å². The third-order valence-electron chi connectivity index (χ3n) is 5.78. The first-order valence-corrected chi connectivity index (χ1v) is 12.9. The Bertz CT molecular complexity index is 1360. The predicted octanol–water partition coefficient (Wildman–Crippen LogP) is 3.99. The number of aliphatic imine (C=N–C) groups is 2. The minimum atomic E-state index is -3.98. The van der Waals surface area contributed by atoms with Crippen LogP contribution in [0.25, 0.3) is 0 Å². The highest BCUT2D eigenvalue weighted by Crippen LogP contribution is 2.41. The van der Waals surface area contributed by atoms with Gasteiger partial charge in [0.2, 0.25) is 10.0 Å². The molecule has 0 bridgehead atoms. The van der Waals surface area contributed by atoms with Gasteiger partial charge in [-0.15, -0.1) is 0 Å². The monoisotopic (exact) mass is 511 g/mol. The van der Waals surface area contributed by atoms with Gasteiger partial charge in [0.25, 0.3) is 0 Å². The first-order valence-electron chi connectivity index (χ1n) is 11.1. The Morgan fingerprint density at radius 3 is 2.37 bits per heavy atom. The summed E-state index contributed by atoms with van der Waals surface area (Å²) < 4.78 is 33.4. The number of rotatable bonds is 8. The van der Waals surface area contributed by atoms with Gasteiger partial charge in [-0.05, 0) is 55.7 Å². The summed E-state index contributed by atoms with van der Waals surface area (Å²) in [6, 6.07) is 14.5. The SMILES string of the molecule is COC(=O)[C@@H](Cc1ccccc1)NS(=O)(=O)c1ccc(CC2(Cl)N=C(C)C=C3N=C(C)C=C32)cc1. The van der Waals surface area contributed by atoms with Crippen LogP contribution in [0.15, 0.2) is 92.9 Å². The molecule has 2 aliphatic rings. The number of carbonyl (C=O) groups excluding carboxylic acids is 1. The number of ether oxygens (including phenoxy) is 1. The van der Waals surface area contributed by atoms with E-state index in [1.807, 2.05) is 56.3 Å². The molecule has 2 aromatic carbocycles. The molecule has 0 spiro atoms. The molecule has 1 N–H and O–H groups in total. The standard InChI is InChI=1S/C26H26ClN3O4S/c1-17-13-22-23(28-17)14-18(2)29-26(22,27)16-20-9-11-21(12-10-20)35(32,33)30-24(25(31)34-3)15-19-7-5-4-6-8-19/h4-14,24,30H,15-16H2,1-3H3/t24-,26?/m1/s1. The third-order valence-corrected chi connectivity index (χ3v) is 7.68. The lowest BCUT2D eigenvalue weighted by Crippen LogP contribution is -2.43. The van der Waals surface area contributed by atoms with Crippen molar-refractivity contribution >= 4 is 39.0 Å². The molecule has 35 heavy (non-hydrogen) atoms. The molecule has 0 saturated carbocycles. The van der Waals surface area contributed by atoms with Crippen molar-refractivity contribution in [3.8, 4) is 0 Å². The second kappa shape index (κ2) is 9.89. The highest BCUT2D eigenvalue weighted by atomic mass is 35.5. The number of sulfonamides is 1. The van der Waals surface area contributed by atoms with Gasteiger partial charge < -0.3 is 4.74 Å². The Hall–Kier alpha value is -3.07. The van der Waals surface area contributed by atoms with Crippen LogP contribution >= 0.6 is 11.6 Å². The van der Waals surface area contributed by atoms with Crippen LogP contribution in [-0.4, -0.2) is 44.0 Å². The maximum Gasteiger partial charge on any atom is 0.324 e. The van der Waals surface area contributed by atoms with E-state index >= 15 is 0 Å². The highest BCUT2D eigenvalue weighted by molar-refractivity contribution is 7.89. The molecule has 4 rings (SSSR count). The van der Waals surface area contributed by atoms with Crippen LogP contribution in [0, 0.1) is 0 Å². The molecule has 2 aromatic rings. The van der Waals surface area contributed by atoms with Crippen molar-refractivity contribution in [2.24, 2.45) is 9.98 Å². The van der Waals surface area contributed by atoms with Crippen LogP contribution in [0.4, 0.5) is 0 Å². The molecule has 0 fully saturated rings. The molecule has 2 atom stereocenters. The van der Waals surface area contributed by atoms with E-state index in [4.69, 9.17) is 16.3 Å². The average Bonchev–Trinajstić information content (AvgIpc) is 3.20. The molecule has 7 nitrogen and oxygen atoms in total. The fourth-order valence-electron chi connectivity index (χ4n) is 4.16. The van der Waals surface area contributed by atoms with Gasteiger partial charge in [0, 0.05) is 23.4 Å². The van der Waals surface area contributed by atoms with Crippen LogP contribution in [0.2, 0.25) is 0 Å². The number of hydrogen-bond acceptors (Lipinski definition) is 6. The van der Waals surface area contributed by atoms with Crippen LogP contribution < -0.4 is 4.72 Å². The maximum absolute atomic E-state index is 13.0. The number of methoxy groups -OCH3 is 1. The third kappa shape index (κ3) is 5.61. The van der Waals surface area contributed by atoms with Gasteiger partial charge in [0.15, 0.2) is 5.00 Å². The predicted molar refractivity (Wildman–Crippen MR) is 137 cm³/mol. The molecule has 9 heteroatoms. The van der Waals surface area contributed by atoms with E-state index in [0.29, 0.717) is 6.42 Å². The topological polar surface area (TPSA) is 97.2 Å². The molecule has 0 aromatic heterocycles. The van der Waals surface area contributed by atoms with Gasteiger partial charge in [0.1, 0.15) is 6.04 Å². The second-order valence-electron chi connectivity index (χ2n) is 8.56. The van der Waals surface area contributed by atoms with Gasteiger partial charge in [-0.3, -0.25) is 14.8 Å². The Morgan fingerprint density at radius 1 is 1.03 bits per heavy atom. The lowest BCUT2D eigenvalue weighted by Gasteiger charge is -2.28. The molecule has 0 saturated heterocycles. The number of nitrogens with zero attached hydrogens (tertiary/aromatic N) is 2. The number of carbonyl (C=O) groups is 1. The summed E-state index contributed by atoms with van der Waals surface area (Å²) >= 11 is 6.95. The van der Waals surface area contributed by atoms with Gasteiger partial charge in [-0.1, -0.05) is 54.1 Å². The number of alkyl halides is 1. The fourth-order valence-corrected chi connectivity index (χ4v) is 5.79. The van der Waals surface area contributed by atoms with Crippen molar-refractivity contribution in [2.75, 3.05) is 7.11 Å². The molecule has 0 aliphatic carbocycles. The summed E-state index contributed by atoms with van der Waals surface area (Å²) in [6.45, 7) is 3.78. The largest absolute Gasteiger partial charge is 0.468 e. The van der Waals surface area contributed by atoms with Crippen LogP contribution in [0.5, 0.6) is 0 Å². The number of fused-ring (bicyclic) bond motifs is 1. The minimum absolute atomic E-state index is 0.0370. The minimum Gasteiger partial charge on any atom is -0.468 e. The van der Waals surface area contributed by atoms with E-state index in [1.165, 1.54) is 19.2 Å².